The van der Waals surface area contributed by atoms with Crippen molar-refractivity contribution in [3.63, 3.8) is 0 Å². The Bertz CT molecular complexity index is 556. The van der Waals surface area contributed by atoms with Crippen LogP contribution in [0.15, 0.2) is 0 Å². The van der Waals surface area contributed by atoms with Crippen molar-refractivity contribution in [2.45, 2.75) is 76.7 Å². The first kappa shape index (κ1) is 19.2. The lowest BCUT2D eigenvalue weighted by Gasteiger charge is -2.42. The van der Waals surface area contributed by atoms with Gasteiger partial charge in [-0.1, -0.05) is 25.7 Å². The van der Waals surface area contributed by atoms with Gasteiger partial charge in [0.05, 0.1) is 12.0 Å². The van der Waals surface area contributed by atoms with Crippen LogP contribution in [-0.2, 0) is 9.59 Å². The summed E-state index contributed by atoms with van der Waals surface area (Å²) in [4.78, 5) is 32.4. The van der Waals surface area contributed by atoms with Crippen molar-refractivity contribution in [2.24, 2.45) is 11.3 Å². The number of hydrogen-bond acceptors (Lipinski definition) is 3. The van der Waals surface area contributed by atoms with Crippen LogP contribution in [0.25, 0.3) is 0 Å². The van der Waals surface area contributed by atoms with Crippen LogP contribution in [0.5, 0.6) is 0 Å². The van der Waals surface area contributed by atoms with Crippen LogP contribution in [-0.4, -0.2) is 72.3 Å². The molecule has 0 aromatic carbocycles. The fraction of sp³-hybridized carbons (Fsp3) is 0.909. The molecule has 5 nitrogen and oxygen atoms in total. The fourth-order valence-corrected chi connectivity index (χ4v) is 5.76. The molecule has 4 fully saturated rings. The number of carbonyl (C=O) groups is 2. The summed E-state index contributed by atoms with van der Waals surface area (Å²) in [6, 6.07) is 0.428. The summed E-state index contributed by atoms with van der Waals surface area (Å²) in [5, 5.41) is 0. The van der Waals surface area contributed by atoms with E-state index >= 15 is 0 Å². The first-order chi connectivity index (χ1) is 13.1. The van der Waals surface area contributed by atoms with E-state index < -0.39 is 0 Å². The van der Waals surface area contributed by atoms with Crippen LogP contribution >= 0.6 is 0 Å². The molecule has 2 heterocycles. The SMILES string of the molecule is CN(C(=O)CN1CC[C@]2(CCCN(CC3CCC3)C2=O)C1)C1CCCCC1. The van der Waals surface area contributed by atoms with Gasteiger partial charge in [0.15, 0.2) is 0 Å². The minimum atomic E-state index is -0.203. The van der Waals surface area contributed by atoms with Crippen LogP contribution in [0, 0.1) is 11.3 Å². The highest BCUT2D eigenvalue weighted by Crippen LogP contribution is 2.41. The Morgan fingerprint density at radius 2 is 1.81 bits per heavy atom. The third-order valence-corrected chi connectivity index (χ3v) is 7.84. The molecule has 4 aliphatic rings. The zero-order valence-electron chi connectivity index (χ0n) is 17.1. The molecule has 152 valence electrons. The summed E-state index contributed by atoms with van der Waals surface area (Å²) in [6.45, 7) is 4.10. The summed E-state index contributed by atoms with van der Waals surface area (Å²) in [7, 11) is 1.98. The number of piperidine rings is 1. The van der Waals surface area contributed by atoms with Gasteiger partial charge in [-0.05, 0) is 57.4 Å². The molecule has 0 bridgehead atoms. The van der Waals surface area contributed by atoms with Crippen LogP contribution in [0.2, 0.25) is 0 Å². The number of nitrogens with zero attached hydrogens (tertiary/aromatic N) is 3. The van der Waals surface area contributed by atoms with Gasteiger partial charge in [-0.2, -0.15) is 0 Å². The zero-order valence-corrected chi connectivity index (χ0v) is 17.1. The molecule has 0 aromatic heterocycles. The van der Waals surface area contributed by atoms with Gasteiger partial charge < -0.3 is 9.80 Å². The highest BCUT2D eigenvalue weighted by Gasteiger charge is 2.49. The predicted molar refractivity (Wildman–Crippen MR) is 106 cm³/mol. The molecule has 27 heavy (non-hydrogen) atoms. The number of rotatable bonds is 5. The van der Waals surface area contributed by atoms with E-state index in [-0.39, 0.29) is 11.3 Å². The lowest BCUT2D eigenvalue weighted by molar-refractivity contribution is -0.147. The van der Waals surface area contributed by atoms with Crippen molar-refractivity contribution in [1.82, 2.24) is 14.7 Å². The first-order valence-corrected chi connectivity index (χ1v) is 11.3. The maximum absolute atomic E-state index is 13.2. The lowest BCUT2D eigenvalue weighted by Crippen LogP contribution is -2.52. The third kappa shape index (κ3) is 4.03. The van der Waals surface area contributed by atoms with Gasteiger partial charge in [0.2, 0.25) is 11.8 Å². The van der Waals surface area contributed by atoms with Crippen LogP contribution in [0.3, 0.4) is 0 Å². The Balaban J connectivity index is 1.31. The van der Waals surface area contributed by atoms with Crippen molar-refractivity contribution >= 4 is 11.8 Å². The summed E-state index contributed by atoms with van der Waals surface area (Å²) < 4.78 is 0. The standard InChI is InChI=1S/C22H37N3O2/c1-23(19-9-3-2-4-10-19)20(26)16-24-14-12-22(17-24)11-6-13-25(21(22)27)15-18-7-5-8-18/h18-19H,2-17H2,1H3/t22-/m1/s1. The molecule has 2 amide bonds. The monoisotopic (exact) mass is 375 g/mol. The highest BCUT2D eigenvalue weighted by molar-refractivity contribution is 5.84. The van der Waals surface area contributed by atoms with Crippen molar-refractivity contribution in [3.8, 4) is 0 Å². The van der Waals surface area contributed by atoms with E-state index in [1.807, 2.05) is 11.9 Å². The van der Waals surface area contributed by atoms with Crippen molar-refractivity contribution < 1.29 is 9.59 Å². The summed E-state index contributed by atoms with van der Waals surface area (Å²) in [5.41, 5.74) is -0.203. The number of likely N-dealkylation sites (tertiary alicyclic amines) is 2. The van der Waals surface area contributed by atoms with Gasteiger partial charge in [-0.3, -0.25) is 14.5 Å². The van der Waals surface area contributed by atoms with E-state index in [2.05, 4.69) is 9.80 Å². The van der Waals surface area contributed by atoms with E-state index in [9.17, 15) is 9.59 Å². The summed E-state index contributed by atoms with van der Waals surface area (Å²) in [5.74, 6) is 1.37. The van der Waals surface area contributed by atoms with Gasteiger partial charge in [-0.15, -0.1) is 0 Å². The van der Waals surface area contributed by atoms with Crippen molar-refractivity contribution in [1.29, 1.82) is 0 Å². The number of likely N-dealkylation sites (N-methyl/N-ethyl adjacent to an activating group) is 1. The second-order valence-corrected chi connectivity index (χ2v) is 9.69. The molecule has 0 unspecified atom stereocenters. The van der Waals surface area contributed by atoms with Crippen LogP contribution in [0.1, 0.15) is 70.6 Å². The number of amides is 2. The maximum Gasteiger partial charge on any atom is 0.236 e. The predicted octanol–water partition coefficient (Wildman–Crippen LogP) is 2.89. The Labute approximate surface area is 164 Å². The fourth-order valence-electron chi connectivity index (χ4n) is 5.76. The Hall–Kier alpha value is -1.10. The molecule has 5 heteroatoms. The summed E-state index contributed by atoms with van der Waals surface area (Å²) in [6.07, 6.45) is 13.1. The molecule has 0 N–H and O–H groups in total. The van der Waals surface area contributed by atoms with E-state index in [1.54, 1.807) is 0 Å². The second kappa shape index (κ2) is 8.10. The largest absolute Gasteiger partial charge is 0.342 e. The Morgan fingerprint density at radius 3 is 2.52 bits per heavy atom. The van der Waals surface area contributed by atoms with Crippen LogP contribution < -0.4 is 0 Å². The van der Waals surface area contributed by atoms with Crippen molar-refractivity contribution in [3.05, 3.63) is 0 Å². The molecule has 2 saturated carbocycles. The van der Waals surface area contributed by atoms with Crippen molar-refractivity contribution in [2.75, 3.05) is 39.8 Å². The normalized spacial score (nSPS) is 30.7. The second-order valence-electron chi connectivity index (χ2n) is 9.69. The average Bonchev–Trinajstić information content (AvgIpc) is 3.05. The van der Waals surface area contributed by atoms with E-state index in [4.69, 9.17) is 0 Å². The molecule has 1 atom stereocenters. The van der Waals surface area contributed by atoms with Gasteiger partial charge >= 0.3 is 0 Å². The number of carbonyl (C=O) groups excluding carboxylic acids is 2. The van der Waals surface area contributed by atoms with Gasteiger partial charge in [0, 0.05) is 32.7 Å². The van der Waals surface area contributed by atoms with E-state index in [1.165, 1.54) is 38.5 Å². The molecule has 0 radical (unpaired) electrons. The minimum Gasteiger partial charge on any atom is -0.342 e. The maximum atomic E-state index is 13.2. The summed E-state index contributed by atoms with van der Waals surface area (Å²) >= 11 is 0. The average molecular weight is 376 g/mol. The zero-order chi connectivity index (χ0) is 18.9. The van der Waals surface area contributed by atoms with Crippen LogP contribution in [0.4, 0.5) is 0 Å². The third-order valence-electron chi connectivity index (χ3n) is 7.84. The van der Waals surface area contributed by atoms with Gasteiger partial charge in [0.25, 0.3) is 0 Å². The molecular weight excluding hydrogens is 338 g/mol. The molecular formula is C22H37N3O2. The first-order valence-electron chi connectivity index (χ1n) is 11.3. The molecule has 2 aliphatic carbocycles. The van der Waals surface area contributed by atoms with Gasteiger partial charge in [-0.25, -0.2) is 0 Å². The topological polar surface area (TPSA) is 43.9 Å². The lowest BCUT2D eigenvalue weighted by atomic mass is 9.77. The van der Waals surface area contributed by atoms with E-state index in [0.717, 1.165) is 64.2 Å². The Morgan fingerprint density at radius 1 is 1.04 bits per heavy atom. The smallest absolute Gasteiger partial charge is 0.236 e. The quantitative estimate of drug-likeness (QED) is 0.742. The molecule has 2 aliphatic heterocycles. The minimum absolute atomic E-state index is 0.203. The molecule has 4 rings (SSSR count). The highest BCUT2D eigenvalue weighted by atomic mass is 16.2. The van der Waals surface area contributed by atoms with Gasteiger partial charge in [0.1, 0.15) is 0 Å². The van der Waals surface area contributed by atoms with E-state index in [0.29, 0.717) is 18.5 Å². The molecule has 0 aromatic rings. The molecule has 1 spiro atoms. The Kier molecular flexibility index (Phi) is 5.77. The number of hydrogen-bond donors (Lipinski definition) is 0. The molecule has 2 saturated heterocycles.